The van der Waals surface area contributed by atoms with Crippen molar-refractivity contribution in [3.8, 4) is 0 Å². The highest BCUT2D eigenvalue weighted by molar-refractivity contribution is 6.29. The van der Waals surface area contributed by atoms with Crippen LogP contribution in [-0.4, -0.2) is 18.2 Å². The Morgan fingerprint density at radius 3 is 2.45 bits per heavy atom. The number of rotatable bonds is 2. The van der Waals surface area contributed by atoms with Gasteiger partial charge < -0.3 is 4.74 Å². The molecule has 0 heterocycles. The molecule has 22 heavy (non-hydrogen) atoms. The highest BCUT2D eigenvalue weighted by Crippen LogP contribution is 2.41. The van der Waals surface area contributed by atoms with E-state index in [1.54, 1.807) is 30.3 Å². The van der Waals surface area contributed by atoms with Gasteiger partial charge in [0, 0.05) is 28.9 Å². The highest BCUT2D eigenvalue weighted by atomic mass is 16.5. The minimum atomic E-state index is -0.0723. The molecule has 0 bridgehead atoms. The van der Waals surface area contributed by atoms with Gasteiger partial charge in [-0.15, -0.1) is 0 Å². The fraction of sp³-hybridized carbons (Fsp3) is 0.263. The molecule has 2 aliphatic rings. The van der Waals surface area contributed by atoms with Crippen molar-refractivity contribution in [2.45, 2.75) is 25.9 Å². The number of ketones is 2. The predicted molar refractivity (Wildman–Crippen MR) is 82.4 cm³/mol. The highest BCUT2D eigenvalue weighted by Gasteiger charge is 2.36. The maximum Gasteiger partial charge on any atom is 0.194 e. The lowest BCUT2D eigenvalue weighted by Gasteiger charge is -2.22. The first-order chi connectivity index (χ1) is 10.7. The third-order valence-electron chi connectivity index (χ3n) is 4.59. The first-order valence-corrected chi connectivity index (χ1v) is 7.68. The summed E-state index contributed by atoms with van der Waals surface area (Å²) in [6.45, 7) is 2.56. The van der Waals surface area contributed by atoms with Crippen LogP contribution in [0.2, 0.25) is 0 Å². The summed E-state index contributed by atoms with van der Waals surface area (Å²) in [6.07, 6.45) is 1.70. The van der Waals surface area contributed by atoms with Crippen molar-refractivity contribution in [2.75, 3.05) is 6.61 Å². The van der Waals surface area contributed by atoms with Gasteiger partial charge in [-0.1, -0.05) is 30.3 Å². The van der Waals surface area contributed by atoms with Crippen LogP contribution in [0.3, 0.4) is 0 Å². The third-order valence-corrected chi connectivity index (χ3v) is 4.59. The summed E-state index contributed by atoms with van der Waals surface area (Å²) in [5.41, 5.74) is 4.18. The normalized spacial score (nSPS) is 18.9. The van der Waals surface area contributed by atoms with Crippen molar-refractivity contribution < 1.29 is 14.3 Å². The number of aryl methyl sites for hydroxylation is 1. The molecule has 0 N–H and O–H groups in total. The summed E-state index contributed by atoms with van der Waals surface area (Å²) < 4.78 is 5.80. The van der Waals surface area contributed by atoms with Crippen molar-refractivity contribution >= 4 is 11.6 Å². The Morgan fingerprint density at radius 1 is 1.00 bits per heavy atom. The topological polar surface area (TPSA) is 43.4 Å². The van der Waals surface area contributed by atoms with Crippen molar-refractivity contribution in [2.24, 2.45) is 0 Å². The van der Waals surface area contributed by atoms with Crippen molar-refractivity contribution in [1.29, 1.82) is 0 Å². The monoisotopic (exact) mass is 292 g/mol. The zero-order chi connectivity index (χ0) is 15.3. The molecule has 2 aromatic rings. The second-order valence-electron chi connectivity index (χ2n) is 5.75. The number of benzene rings is 2. The van der Waals surface area contributed by atoms with E-state index in [9.17, 15) is 9.59 Å². The summed E-state index contributed by atoms with van der Waals surface area (Å²) in [6, 6.07) is 10.9. The Bertz CT molecular complexity index is 802. The molecule has 0 fully saturated rings. The molecule has 3 nitrogen and oxygen atoms in total. The summed E-state index contributed by atoms with van der Waals surface area (Å²) in [4.78, 5) is 25.7. The smallest absolute Gasteiger partial charge is 0.194 e. The summed E-state index contributed by atoms with van der Waals surface area (Å²) in [5, 5.41) is 0. The molecule has 0 radical (unpaired) electrons. The lowest BCUT2D eigenvalue weighted by Crippen LogP contribution is -2.23. The Labute approximate surface area is 128 Å². The van der Waals surface area contributed by atoms with Gasteiger partial charge in [0.2, 0.25) is 0 Å². The minimum Gasteiger partial charge on any atom is -0.374 e. The van der Waals surface area contributed by atoms with Crippen LogP contribution in [-0.2, 0) is 11.2 Å². The second kappa shape index (κ2) is 4.89. The van der Waals surface area contributed by atoms with E-state index >= 15 is 0 Å². The van der Waals surface area contributed by atoms with E-state index in [-0.39, 0.29) is 17.7 Å². The first kappa shape index (κ1) is 13.4. The zero-order valence-corrected chi connectivity index (χ0v) is 12.4. The van der Waals surface area contributed by atoms with E-state index in [1.165, 1.54) is 0 Å². The predicted octanol–water partition coefficient (Wildman–Crippen LogP) is 3.49. The van der Waals surface area contributed by atoms with Gasteiger partial charge in [-0.2, -0.15) is 0 Å². The van der Waals surface area contributed by atoms with Gasteiger partial charge in [0.05, 0.1) is 6.10 Å². The Morgan fingerprint density at radius 2 is 1.73 bits per heavy atom. The quantitative estimate of drug-likeness (QED) is 0.726. The van der Waals surface area contributed by atoms with Crippen LogP contribution in [0.1, 0.15) is 62.4 Å². The number of hydrogen-bond acceptors (Lipinski definition) is 3. The molecule has 2 aliphatic carbocycles. The SMILES string of the molecule is CCOC1CCc2ccc3c(c21)C(=O)c1ccccc1C3=O. The van der Waals surface area contributed by atoms with Gasteiger partial charge in [-0.3, -0.25) is 9.59 Å². The molecule has 3 heteroatoms. The maximum atomic E-state index is 13.0. The lowest BCUT2D eigenvalue weighted by atomic mass is 9.80. The van der Waals surface area contributed by atoms with Crippen molar-refractivity contribution in [1.82, 2.24) is 0 Å². The van der Waals surface area contributed by atoms with E-state index < -0.39 is 0 Å². The minimum absolute atomic E-state index is 0.0475. The molecule has 2 aromatic carbocycles. The largest absolute Gasteiger partial charge is 0.374 e. The van der Waals surface area contributed by atoms with Gasteiger partial charge in [-0.25, -0.2) is 0 Å². The van der Waals surface area contributed by atoms with Crippen LogP contribution >= 0.6 is 0 Å². The number of fused-ring (bicyclic) bond motifs is 4. The molecule has 0 aliphatic heterocycles. The van der Waals surface area contributed by atoms with E-state index in [2.05, 4.69) is 0 Å². The molecule has 1 unspecified atom stereocenters. The number of carbonyl (C=O) groups is 2. The summed E-state index contributed by atoms with van der Waals surface area (Å²) in [5.74, 6) is -0.108. The third kappa shape index (κ3) is 1.72. The fourth-order valence-electron chi connectivity index (χ4n) is 3.64. The van der Waals surface area contributed by atoms with Gasteiger partial charge in [0.15, 0.2) is 11.6 Å². The van der Waals surface area contributed by atoms with E-state index in [0.717, 1.165) is 24.0 Å². The van der Waals surface area contributed by atoms with E-state index in [1.807, 2.05) is 13.0 Å². The van der Waals surface area contributed by atoms with Crippen LogP contribution in [0, 0.1) is 0 Å². The first-order valence-electron chi connectivity index (χ1n) is 7.68. The Kier molecular flexibility index (Phi) is 2.98. The van der Waals surface area contributed by atoms with Gasteiger partial charge in [0.1, 0.15) is 0 Å². The van der Waals surface area contributed by atoms with E-state index in [4.69, 9.17) is 4.74 Å². The molecule has 1 atom stereocenters. The molecule has 0 amide bonds. The molecule has 0 saturated carbocycles. The van der Waals surface area contributed by atoms with Crippen LogP contribution in [0.4, 0.5) is 0 Å². The van der Waals surface area contributed by atoms with Gasteiger partial charge in [0.25, 0.3) is 0 Å². The average molecular weight is 292 g/mol. The maximum absolute atomic E-state index is 13.0. The molecule has 110 valence electrons. The van der Waals surface area contributed by atoms with Crippen LogP contribution in [0.5, 0.6) is 0 Å². The van der Waals surface area contributed by atoms with Gasteiger partial charge in [-0.05, 0) is 37.0 Å². The second-order valence-corrected chi connectivity index (χ2v) is 5.75. The molecular formula is C19H16O3. The fourth-order valence-corrected chi connectivity index (χ4v) is 3.64. The van der Waals surface area contributed by atoms with E-state index in [0.29, 0.717) is 28.9 Å². The zero-order valence-electron chi connectivity index (χ0n) is 12.4. The van der Waals surface area contributed by atoms with Crippen molar-refractivity contribution in [3.63, 3.8) is 0 Å². The van der Waals surface area contributed by atoms with Crippen molar-refractivity contribution in [3.05, 3.63) is 69.8 Å². The summed E-state index contributed by atoms with van der Waals surface area (Å²) >= 11 is 0. The van der Waals surface area contributed by atoms with Crippen LogP contribution in [0.25, 0.3) is 0 Å². The van der Waals surface area contributed by atoms with Gasteiger partial charge >= 0.3 is 0 Å². The Balaban J connectivity index is 1.96. The molecule has 0 aromatic heterocycles. The van der Waals surface area contributed by atoms with Crippen LogP contribution in [0.15, 0.2) is 36.4 Å². The average Bonchev–Trinajstić information content (AvgIpc) is 2.96. The molecule has 0 saturated heterocycles. The molecule has 0 spiro atoms. The standard InChI is InChI=1S/C19H16O3/c1-2-22-15-10-8-11-7-9-14-17(16(11)15)19(21)13-6-4-3-5-12(13)18(14)20/h3-7,9,15H,2,8,10H2,1H3. The number of ether oxygens (including phenoxy) is 1. The molecular weight excluding hydrogens is 276 g/mol. The number of hydrogen-bond donors (Lipinski definition) is 0. The Hall–Kier alpha value is -2.26. The van der Waals surface area contributed by atoms with Crippen LogP contribution < -0.4 is 0 Å². The lowest BCUT2D eigenvalue weighted by molar-refractivity contribution is 0.0629. The number of carbonyl (C=O) groups excluding carboxylic acids is 2. The summed E-state index contributed by atoms with van der Waals surface area (Å²) in [7, 11) is 0. The molecule has 4 rings (SSSR count).